The summed E-state index contributed by atoms with van der Waals surface area (Å²) >= 11 is 5.82. The van der Waals surface area contributed by atoms with E-state index >= 15 is 0 Å². The molecule has 1 aromatic carbocycles. The Hall–Kier alpha value is -1.98. The number of unbranched alkanes of at least 4 members (excludes halogenated alkanes) is 1. The molecule has 0 aliphatic carbocycles. The van der Waals surface area contributed by atoms with Crippen molar-refractivity contribution in [1.82, 2.24) is 4.98 Å². The Morgan fingerprint density at radius 3 is 2.25 bits per heavy atom. The summed E-state index contributed by atoms with van der Waals surface area (Å²) in [4.78, 5) is 4.09. The van der Waals surface area contributed by atoms with Gasteiger partial charge in [0.15, 0.2) is 0 Å². The summed E-state index contributed by atoms with van der Waals surface area (Å²) in [5.41, 5.74) is 7.86. The maximum atomic E-state index is 5.82. The van der Waals surface area contributed by atoms with Crippen LogP contribution in [0, 0.1) is 11.8 Å². The van der Waals surface area contributed by atoms with Crippen LogP contribution in [-0.2, 0) is 0 Å². The van der Waals surface area contributed by atoms with E-state index in [0.717, 1.165) is 11.3 Å². The number of benzene rings is 1. The van der Waals surface area contributed by atoms with Crippen LogP contribution >= 0.6 is 11.6 Å². The smallest absolute Gasteiger partial charge is 0.114 e. The van der Waals surface area contributed by atoms with Crippen molar-refractivity contribution in [2.24, 2.45) is 0 Å². The van der Waals surface area contributed by atoms with Crippen LogP contribution < -0.4 is 5.73 Å². The largest absolute Gasteiger partial charge is 0.399 e. The molecule has 1 heterocycles. The number of halogens is 1. The first kappa shape index (κ1) is 16.1. The molecule has 0 saturated carbocycles. The summed E-state index contributed by atoms with van der Waals surface area (Å²) in [7, 11) is 0. The van der Waals surface area contributed by atoms with E-state index in [1.807, 2.05) is 24.3 Å². The van der Waals surface area contributed by atoms with Crippen molar-refractivity contribution in [2.75, 3.05) is 5.73 Å². The highest BCUT2D eigenvalue weighted by Crippen LogP contribution is 2.07. The van der Waals surface area contributed by atoms with Crippen LogP contribution in [0.3, 0.4) is 0 Å². The monoisotopic (exact) mass is 286 g/mol. The predicted octanol–water partition coefficient (Wildman–Crippen LogP) is 4.52. The molecular formula is C17H19ClN2. The molecule has 0 amide bonds. The molecule has 0 radical (unpaired) electrons. The van der Waals surface area contributed by atoms with Crippen molar-refractivity contribution in [1.29, 1.82) is 0 Å². The summed E-state index contributed by atoms with van der Waals surface area (Å²) in [6, 6.07) is 10.8. The molecule has 3 heteroatoms. The highest BCUT2D eigenvalue weighted by Gasteiger charge is 1.90. The molecular weight excluding hydrogens is 268 g/mol. The van der Waals surface area contributed by atoms with E-state index in [-0.39, 0.29) is 0 Å². The molecule has 0 atom stereocenters. The molecule has 2 rings (SSSR count). The molecule has 0 spiro atoms. The van der Waals surface area contributed by atoms with Crippen molar-refractivity contribution < 1.29 is 0 Å². The molecule has 0 aliphatic rings. The molecule has 0 bridgehead atoms. The fraction of sp³-hybridized carbons (Fsp3) is 0.235. The van der Waals surface area contributed by atoms with Gasteiger partial charge in [0.25, 0.3) is 0 Å². The molecule has 1 aromatic heterocycles. The Kier molecular flexibility index (Phi) is 7.24. The first-order valence-electron chi connectivity index (χ1n) is 6.64. The van der Waals surface area contributed by atoms with Crippen molar-refractivity contribution in [3.63, 3.8) is 0 Å². The van der Waals surface area contributed by atoms with Crippen molar-refractivity contribution in [3.8, 4) is 11.8 Å². The Morgan fingerprint density at radius 1 is 1.05 bits per heavy atom. The van der Waals surface area contributed by atoms with Crippen LogP contribution in [0.15, 0.2) is 42.6 Å². The van der Waals surface area contributed by atoms with E-state index in [0.29, 0.717) is 10.7 Å². The van der Waals surface area contributed by atoms with Crippen molar-refractivity contribution in [2.45, 2.75) is 26.7 Å². The second-order valence-corrected chi connectivity index (χ2v) is 4.67. The lowest BCUT2D eigenvalue weighted by atomic mass is 10.2. The van der Waals surface area contributed by atoms with Crippen LogP contribution in [0.5, 0.6) is 0 Å². The number of nitrogen functional groups attached to an aromatic ring is 1. The SMILES string of the molecule is CCCC.Nc1ccc(C#Cc2cc(Cl)ccn2)cc1. The lowest BCUT2D eigenvalue weighted by Gasteiger charge is -1.92. The Morgan fingerprint density at radius 2 is 1.70 bits per heavy atom. The molecule has 2 aromatic rings. The maximum absolute atomic E-state index is 5.82. The van der Waals surface area contributed by atoms with E-state index < -0.39 is 0 Å². The number of nitrogens with zero attached hydrogens (tertiary/aromatic N) is 1. The quantitative estimate of drug-likeness (QED) is 0.618. The highest BCUT2D eigenvalue weighted by molar-refractivity contribution is 6.30. The fourth-order valence-electron chi connectivity index (χ4n) is 1.18. The van der Waals surface area contributed by atoms with Crippen LogP contribution in [0.4, 0.5) is 5.69 Å². The minimum Gasteiger partial charge on any atom is -0.399 e. The predicted molar refractivity (Wildman–Crippen MR) is 86.7 cm³/mol. The Balaban J connectivity index is 0.000000444. The first-order chi connectivity index (χ1) is 9.65. The second kappa shape index (κ2) is 9.01. The third-order valence-corrected chi connectivity index (χ3v) is 2.70. The summed E-state index contributed by atoms with van der Waals surface area (Å²) in [5.74, 6) is 5.92. The van der Waals surface area contributed by atoms with Gasteiger partial charge in [-0.3, -0.25) is 0 Å². The Bertz CT molecular complexity index is 578. The van der Waals surface area contributed by atoms with E-state index in [4.69, 9.17) is 17.3 Å². The van der Waals surface area contributed by atoms with Gasteiger partial charge in [-0.15, -0.1) is 0 Å². The zero-order valence-electron chi connectivity index (χ0n) is 11.9. The van der Waals surface area contributed by atoms with Crippen LogP contribution in [0.25, 0.3) is 0 Å². The van der Waals surface area contributed by atoms with Crippen molar-refractivity contribution in [3.05, 3.63) is 58.9 Å². The summed E-state index contributed by atoms with van der Waals surface area (Å²) < 4.78 is 0. The van der Waals surface area contributed by atoms with Gasteiger partial charge in [0.05, 0.1) is 0 Å². The number of hydrogen-bond acceptors (Lipinski definition) is 2. The molecule has 104 valence electrons. The van der Waals surface area contributed by atoms with Crippen LogP contribution in [-0.4, -0.2) is 4.98 Å². The molecule has 2 nitrogen and oxygen atoms in total. The lowest BCUT2D eigenvalue weighted by Crippen LogP contribution is -1.84. The van der Waals surface area contributed by atoms with Gasteiger partial charge in [0.1, 0.15) is 5.69 Å². The first-order valence-corrected chi connectivity index (χ1v) is 7.02. The lowest BCUT2D eigenvalue weighted by molar-refractivity contribution is 0.886. The fourth-order valence-corrected chi connectivity index (χ4v) is 1.34. The third kappa shape index (κ3) is 6.26. The molecule has 0 aliphatic heterocycles. The zero-order chi connectivity index (χ0) is 14.8. The number of nitrogens with two attached hydrogens (primary N) is 1. The van der Waals surface area contributed by atoms with E-state index in [1.54, 1.807) is 18.3 Å². The van der Waals surface area contributed by atoms with Gasteiger partial charge in [0.2, 0.25) is 0 Å². The minimum absolute atomic E-state index is 0.636. The summed E-state index contributed by atoms with van der Waals surface area (Å²) in [6.45, 7) is 4.36. The zero-order valence-corrected chi connectivity index (χ0v) is 12.6. The van der Waals surface area contributed by atoms with Gasteiger partial charge in [-0.25, -0.2) is 4.98 Å². The number of hydrogen-bond donors (Lipinski definition) is 1. The number of pyridine rings is 1. The van der Waals surface area contributed by atoms with Gasteiger partial charge in [0, 0.05) is 22.5 Å². The highest BCUT2D eigenvalue weighted by atomic mass is 35.5. The second-order valence-electron chi connectivity index (χ2n) is 4.23. The number of rotatable bonds is 1. The number of anilines is 1. The molecule has 0 unspecified atom stereocenters. The van der Waals surface area contributed by atoms with Gasteiger partial charge >= 0.3 is 0 Å². The van der Waals surface area contributed by atoms with Crippen LogP contribution in [0.1, 0.15) is 37.9 Å². The van der Waals surface area contributed by atoms with E-state index in [1.165, 1.54) is 12.8 Å². The maximum Gasteiger partial charge on any atom is 0.114 e. The average Bonchev–Trinajstić information content (AvgIpc) is 2.47. The molecule has 0 saturated heterocycles. The minimum atomic E-state index is 0.636. The molecule has 2 N–H and O–H groups in total. The average molecular weight is 287 g/mol. The summed E-state index contributed by atoms with van der Waals surface area (Å²) in [6.07, 6.45) is 4.27. The summed E-state index contributed by atoms with van der Waals surface area (Å²) in [5, 5.41) is 0.636. The van der Waals surface area contributed by atoms with Gasteiger partial charge in [-0.1, -0.05) is 44.2 Å². The van der Waals surface area contributed by atoms with E-state index in [9.17, 15) is 0 Å². The van der Waals surface area contributed by atoms with Gasteiger partial charge < -0.3 is 5.73 Å². The number of aromatic nitrogens is 1. The Labute approximate surface area is 126 Å². The topological polar surface area (TPSA) is 38.9 Å². The van der Waals surface area contributed by atoms with Crippen LogP contribution in [0.2, 0.25) is 5.02 Å². The molecule has 20 heavy (non-hydrogen) atoms. The third-order valence-electron chi connectivity index (χ3n) is 2.47. The normalized spacial score (nSPS) is 8.95. The van der Waals surface area contributed by atoms with Gasteiger partial charge in [-0.05, 0) is 42.3 Å². The van der Waals surface area contributed by atoms with Gasteiger partial charge in [-0.2, -0.15) is 0 Å². The molecule has 0 fully saturated rings. The van der Waals surface area contributed by atoms with Crippen molar-refractivity contribution >= 4 is 17.3 Å². The van der Waals surface area contributed by atoms with E-state index in [2.05, 4.69) is 30.7 Å². The standard InChI is InChI=1S/C13H9ClN2.C4H10/c14-11-7-8-16-13(9-11)6-3-10-1-4-12(15)5-2-10;1-3-4-2/h1-2,4-5,7-9H,15H2;3-4H2,1-2H3.